The van der Waals surface area contributed by atoms with Crippen molar-refractivity contribution >= 4 is 15.9 Å². The molecule has 0 atom stereocenters. The second-order valence-corrected chi connectivity index (χ2v) is 5.59. The molecule has 0 aliphatic rings. The second kappa shape index (κ2) is 18.1. The van der Waals surface area contributed by atoms with E-state index in [1.54, 1.807) is 0 Å². The van der Waals surface area contributed by atoms with Gasteiger partial charge in [-0.15, -0.1) is 0 Å². The van der Waals surface area contributed by atoms with E-state index in [0.29, 0.717) is 6.79 Å². The van der Waals surface area contributed by atoms with Gasteiger partial charge in [0.15, 0.2) is 0 Å². The van der Waals surface area contributed by atoms with E-state index in [4.69, 9.17) is 9.47 Å². The van der Waals surface area contributed by atoms with Crippen molar-refractivity contribution in [2.45, 2.75) is 64.7 Å². The predicted octanol–water partition coefficient (Wildman–Crippen LogP) is 5.46. The summed E-state index contributed by atoms with van der Waals surface area (Å²) in [6.07, 6.45) is 15.6. The van der Waals surface area contributed by atoms with Gasteiger partial charge in [0, 0.05) is 11.9 Å². The molecule has 0 fully saturated rings. The van der Waals surface area contributed by atoms with Crippen molar-refractivity contribution in [3.8, 4) is 0 Å². The van der Waals surface area contributed by atoms with Gasteiger partial charge in [0.05, 0.1) is 6.61 Å². The van der Waals surface area contributed by atoms with E-state index in [1.807, 2.05) is 0 Å². The summed E-state index contributed by atoms with van der Waals surface area (Å²) in [6, 6.07) is 0. The Morgan fingerprint density at radius 3 is 2.32 bits per heavy atom. The monoisotopic (exact) mass is 334 g/mol. The number of allylic oxidation sites excluding steroid dienone is 1. The standard InChI is InChI=1S/C16H31BrO2/c1-2-3-11-14-18-16-19-15-12-9-7-5-4-6-8-10-13-17/h7,9H,2-6,8,10-16H2,1H3. The third-order valence-corrected chi connectivity index (χ3v) is 3.47. The predicted molar refractivity (Wildman–Crippen MR) is 86.9 cm³/mol. The first-order chi connectivity index (χ1) is 9.41. The van der Waals surface area contributed by atoms with Crippen molar-refractivity contribution in [2.75, 3.05) is 25.3 Å². The van der Waals surface area contributed by atoms with Gasteiger partial charge in [0.1, 0.15) is 6.79 Å². The van der Waals surface area contributed by atoms with Crippen LogP contribution < -0.4 is 0 Å². The van der Waals surface area contributed by atoms with Crippen LogP contribution in [0.4, 0.5) is 0 Å². The maximum atomic E-state index is 5.39. The molecule has 0 heterocycles. The lowest BCUT2D eigenvalue weighted by atomic mass is 10.1. The molecule has 19 heavy (non-hydrogen) atoms. The van der Waals surface area contributed by atoms with Crippen LogP contribution in [0.15, 0.2) is 12.2 Å². The number of halogens is 1. The highest BCUT2D eigenvalue weighted by Crippen LogP contribution is 2.05. The number of hydrogen-bond donors (Lipinski definition) is 0. The number of rotatable bonds is 15. The molecular formula is C16H31BrO2. The lowest BCUT2D eigenvalue weighted by Gasteiger charge is -2.03. The van der Waals surface area contributed by atoms with Crippen molar-refractivity contribution in [2.24, 2.45) is 0 Å². The fourth-order valence-electron chi connectivity index (χ4n) is 1.73. The molecule has 0 N–H and O–H groups in total. The largest absolute Gasteiger partial charge is 0.355 e. The Kier molecular flexibility index (Phi) is 18.3. The molecule has 0 radical (unpaired) electrons. The van der Waals surface area contributed by atoms with Crippen molar-refractivity contribution in [1.29, 1.82) is 0 Å². The molecule has 3 heteroatoms. The lowest BCUT2D eigenvalue weighted by molar-refractivity contribution is -0.0531. The molecule has 0 saturated carbocycles. The Morgan fingerprint density at radius 1 is 0.789 bits per heavy atom. The van der Waals surface area contributed by atoms with Crippen LogP contribution in [0.5, 0.6) is 0 Å². The van der Waals surface area contributed by atoms with Crippen LogP contribution in [0, 0.1) is 0 Å². The SMILES string of the molecule is CCCCCOCOCCC=CCCCCCCBr. The van der Waals surface area contributed by atoms with Crippen LogP contribution in [0.1, 0.15) is 64.7 Å². The van der Waals surface area contributed by atoms with Gasteiger partial charge in [0.2, 0.25) is 0 Å². The Labute approximate surface area is 128 Å². The third-order valence-electron chi connectivity index (χ3n) is 2.91. The molecule has 0 aromatic rings. The summed E-state index contributed by atoms with van der Waals surface area (Å²) in [5.74, 6) is 0. The minimum Gasteiger partial charge on any atom is -0.355 e. The van der Waals surface area contributed by atoms with Crippen LogP contribution in [0.3, 0.4) is 0 Å². The van der Waals surface area contributed by atoms with Gasteiger partial charge in [-0.3, -0.25) is 0 Å². The first-order valence-corrected chi connectivity index (χ1v) is 8.90. The van der Waals surface area contributed by atoms with E-state index in [1.165, 1.54) is 44.9 Å². The maximum absolute atomic E-state index is 5.39. The molecule has 2 nitrogen and oxygen atoms in total. The highest BCUT2D eigenvalue weighted by molar-refractivity contribution is 9.09. The van der Waals surface area contributed by atoms with Gasteiger partial charge in [-0.25, -0.2) is 0 Å². The second-order valence-electron chi connectivity index (χ2n) is 4.79. The molecule has 0 amide bonds. The highest BCUT2D eigenvalue weighted by atomic mass is 79.9. The first kappa shape index (κ1) is 19.1. The minimum absolute atomic E-state index is 0.449. The molecule has 0 aliphatic carbocycles. The van der Waals surface area contributed by atoms with Crippen LogP contribution in [0.25, 0.3) is 0 Å². The van der Waals surface area contributed by atoms with E-state index in [0.717, 1.165) is 31.4 Å². The van der Waals surface area contributed by atoms with Crippen LogP contribution >= 0.6 is 15.9 Å². The zero-order chi connectivity index (χ0) is 14.0. The molecule has 0 unspecified atom stereocenters. The summed E-state index contributed by atoms with van der Waals surface area (Å²) in [4.78, 5) is 0. The number of ether oxygens (including phenoxy) is 2. The van der Waals surface area contributed by atoms with Gasteiger partial charge in [-0.05, 0) is 32.1 Å². The van der Waals surface area contributed by atoms with Gasteiger partial charge in [-0.2, -0.15) is 0 Å². The van der Waals surface area contributed by atoms with Crippen molar-refractivity contribution in [1.82, 2.24) is 0 Å². The summed E-state index contributed by atoms with van der Waals surface area (Å²) in [7, 11) is 0. The summed E-state index contributed by atoms with van der Waals surface area (Å²) in [6.45, 7) is 4.25. The number of hydrogen-bond acceptors (Lipinski definition) is 2. The quantitative estimate of drug-likeness (QED) is 0.171. The normalized spacial score (nSPS) is 11.5. The summed E-state index contributed by atoms with van der Waals surface area (Å²) < 4.78 is 10.8. The van der Waals surface area contributed by atoms with Gasteiger partial charge in [-0.1, -0.05) is 60.7 Å². The molecule has 0 bridgehead atoms. The van der Waals surface area contributed by atoms with Crippen LogP contribution in [0.2, 0.25) is 0 Å². The average Bonchev–Trinajstić information content (AvgIpc) is 2.43. The first-order valence-electron chi connectivity index (χ1n) is 7.78. The van der Waals surface area contributed by atoms with E-state index < -0.39 is 0 Å². The fourth-order valence-corrected chi connectivity index (χ4v) is 2.12. The average molecular weight is 335 g/mol. The molecule has 0 spiro atoms. The van der Waals surface area contributed by atoms with E-state index in [9.17, 15) is 0 Å². The lowest BCUT2D eigenvalue weighted by Crippen LogP contribution is -2.02. The molecule has 0 saturated heterocycles. The Balaban J connectivity index is 3.00. The van der Waals surface area contributed by atoms with E-state index in [2.05, 4.69) is 35.0 Å². The van der Waals surface area contributed by atoms with Crippen LogP contribution in [-0.4, -0.2) is 25.3 Å². The zero-order valence-electron chi connectivity index (χ0n) is 12.5. The number of alkyl halides is 1. The topological polar surface area (TPSA) is 18.5 Å². The van der Waals surface area contributed by atoms with Crippen molar-refractivity contribution < 1.29 is 9.47 Å². The molecule has 0 aromatic heterocycles. The Hall–Kier alpha value is 0.140. The van der Waals surface area contributed by atoms with Crippen LogP contribution in [-0.2, 0) is 9.47 Å². The molecular weight excluding hydrogens is 304 g/mol. The molecule has 114 valence electrons. The third kappa shape index (κ3) is 18.1. The Morgan fingerprint density at radius 2 is 1.53 bits per heavy atom. The maximum Gasteiger partial charge on any atom is 0.146 e. The molecule has 0 aromatic carbocycles. The van der Waals surface area contributed by atoms with Gasteiger partial charge < -0.3 is 9.47 Å². The Bertz CT molecular complexity index is 184. The smallest absolute Gasteiger partial charge is 0.146 e. The summed E-state index contributed by atoms with van der Waals surface area (Å²) in [5.41, 5.74) is 0. The van der Waals surface area contributed by atoms with E-state index >= 15 is 0 Å². The van der Waals surface area contributed by atoms with Gasteiger partial charge in [0.25, 0.3) is 0 Å². The molecule has 0 rings (SSSR count). The fraction of sp³-hybridized carbons (Fsp3) is 0.875. The van der Waals surface area contributed by atoms with Crippen molar-refractivity contribution in [3.05, 3.63) is 12.2 Å². The molecule has 0 aliphatic heterocycles. The minimum atomic E-state index is 0.449. The van der Waals surface area contributed by atoms with E-state index in [-0.39, 0.29) is 0 Å². The summed E-state index contributed by atoms with van der Waals surface area (Å²) in [5, 5.41) is 1.14. The summed E-state index contributed by atoms with van der Waals surface area (Å²) >= 11 is 3.45. The number of unbranched alkanes of at least 4 members (excludes halogenated alkanes) is 6. The highest BCUT2D eigenvalue weighted by Gasteiger charge is 1.89. The van der Waals surface area contributed by atoms with Crippen molar-refractivity contribution in [3.63, 3.8) is 0 Å². The van der Waals surface area contributed by atoms with Gasteiger partial charge >= 0.3 is 0 Å². The zero-order valence-corrected chi connectivity index (χ0v) is 14.1.